The molecular formula is C16H17N3OS. The number of hydrogen-bond donors (Lipinski definition) is 1. The first-order valence-electron chi connectivity index (χ1n) is 6.82. The van der Waals surface area contributed by atoms with Crippen molar-refractivity contribution < 1.29 is 4.79 Å². The third-order valence-corrected chi connectivity index (χ3v) is 4.82. The summed E-state index contributed by atoms with van der Waals surface area (Å²) in [6, 6.07) is 10.0. The van der Waals surface area contributed by atoms with Gasteiger partial charge in [-0.2, -0.15) is 5.10 Å². The normalized spacial score (nSPS) is 11.0. The number of aromatic nitrogens is 2. The standard InChI is InChI=1S/C16H17N3OS/c1-10-6-4-5-7-12(10)9-17-15(20)14-8-13-11(2)18-19(3)16(13)21-14/h4-8H,9H2,1-3H3,(H,17,20). The molecule has 0 bridgehead atoms. The Hall–Kier alpha value is -2.14. The van der Waals surface area contributed by atoms with Gasteiger partial charge in [-0.15, -0.1) is 11.3 Å². The molecule has 0 unspecified atom stereocenters. The van der Waals surface area contributed by atoms with Crippen molar-refractivity contribution >= 4 is 27.5 Å². The Morgan fingerprint density at radius 1 is 1.33 bits per heavy atom. The van der Waals surface area contributed by atoms with Gasteiger partial charge < -0.3 is 5.32 Å². The van der Waals surface area contributed by atoms with Gasteiger partial charge in [0, 0.05) is 19.0 Å². The van der Waals surface area contributed by atoms with Crippen molar-refractivity contribution in [2.45, 2.75) is 20.4 Å². The van der Waals surface area contributed by atoms with Crippen LogP contribution < -0.4 is 5.32 Å². The molecule has 3 rings (SSSR count). The third kappa shape index (κ3) is 2.56. The van der Waals surface area contributed by atoms with Crippen LogP contribution in [0.5, 0.6) is 0 Å². The number of benzene rings is 1. The molecule has 0 aliphatic carbocycles. The number of rotatable bonds is 3. The highest BCUT2D eigenvalue weighted by atomic mass is 32.1. The molecule has 5 heteroatoms. The minimum absolute atomic E-state index is 0.0288. The number of carbonyl (C=O) groups is 1. The maximum absolute atomic E-state index is 12.3. The molecule has 2 heterocycles. The van der Waals surface area contributed by atoms with E-state index in [-0.39, 0.29) is 5.91 Å². The number of hydrogen-bond acceptors (Lipinski definition) is 3. The molecular weight excluding hydrogens is 282 g/mol. The quantitative estimate of drug-likeness (QED) is 0.807. The first kappa shape index (κ1) is 13.8. The first-order valence-corrected chi connectivity index (χ1v) is 7.64. The Morgan fingerprint density at radius 2 is 2.10 bits per heavy atom. The molecule has 0 fully saturated rings. The molecule has 0 spiro atoms. The molecule has 1 amide bonds. The minimum atomic E-state index is -0.0288. The van der Waals surface area contributed by atoms with Crippen molar-refractivity contribution in [2.24, 2.45) is 7.05 Å². The van der Waals surface area contributed by atoms with E-state index in [9.17, 15) is 4.79 Å². The van der Waals surface area contributed by atoms with Gasteiger partial charge in [-0.05, 0) is 31.0 Å². The summed E-state index contributed by atoms with van der Waals surface area (Å²) >= 11 is 1.48. The fourth-order valence-electron chi connectivity index (χ4n) is 2.39. The highest BCUT2D eigenvalue weighted by Gasteiger charge is 2.14. The van der Waals surface area contributed by atoms with E-state index in [1.165, 1.54) is 16.9 Å². The van der Waals surface area contributed by atoms with Crippen LogP contribution in [0.3, 0.4) is 0 Å². The van der Waals surface area contributed by atoms with Crippen LogP contribution in [0.4, 0.5) is 0 Å². The molecule has 1 N–H and O–H groups in total. The van der Waals surface area contributed by atoms with Crippen LogP contribution in [0.2, 0.25) is 0 Å². The van der Waals surface area contributed by atoms with Crippen molar-refractivity contribution in [1.82, 2.24) is 15.1 Å². The molecule has 4 nitrogen and oxygen atoms in total. The van der Waals surface area contributed by atoms with E-state index < -0.39 is 0 Å². The van der Waals surface area contributed by atoms with Gasteiger partial charge >= 0.3 is 0 Å². The SMILES string of the molecule is Cc1ccccc1CNC(=O)c1cc2c(C)nn(C)c2s1. The lowest BCUT2D eigenvalue weighted by molar-refractivity contribution is 0.0955. The molecule has 0 aliphatic rings. The van der Waals surface area contributed by atoms with E-state index in [4.69, 9.17) is 0 Å². The maximum Gasteiger partial charge on any atom is 0.261 e. The lowest BCUT2D eigenvalue weighted by atomic mass is 10.1. The smallest absolute Gasteiger partial charge is 0.261 e. The van der Waals surface area contributed by atoms with E-state index in [2.05, 4.69) is 23.4 Å². The number of thiophene rings is 1. The molecule has 1 aromatic carbocycles. The van der Waals surface area contributed by atoms with Gasteiger partial charge in [-0.1, -0.05) is 24.3 Å². The van der Waals surface area contributed by atoms with Crippen LogP contribution in [-0.2, 0) is 13.6 Å². The Bertz CT molecular complexity index is 782. The van der Waals surface area contributed by atoms with Crippen molar-refractivity contribution in [3.63, 3.8) is 0 Å². The molecule has 0 radical (unpaired) electrons. The summed E-state index contributed by atoms with van der Waals surface area (Å²) in [7, 11) is 1.90. The highest BCUT2D eigenvalue weighted by Crippen LogP contribution is 2.27. The second-order valence-electron chi connectivity index (χ2n) is 5.15. The second kappa shape index (κ2) is 5.33. The summed E-state index contributed by atoms with van der Waals surface area (Å²) in [5, 5.41) is 8.40. The topological polar surface area (TPSA) is 46.9 Å². The summed E-state index contributed by atoms with van der Waals surface area (Å²) in [5.74, 6) is -0.0288. The molecule has 2 aromatic heterocycles. The van der Waals surface area contributed by atoms with Gasteiger partial charge in [0.15, 0.2) is 0 Å². The van der Waals surface area contributed by atoms with Crippen molar-refractivity contribution in [3.05, 3.63) is 52.0 Å². The number of aryl methyl sites for hydroxylation is 3. The Balaban J connectivity index is 1.78. The van der Waals surface area contributed by atoms with Gasteiger partial charge in [0.25, 0.3) is 5.91 Å². The van der Waals surface area contributed by atoms with E-state index >= 15 is 0 Å². The van der Waals surface area contributed by atoms with Crippen LogP contribution in [-0.4, -0.2) is 15.7 Å². The zero-order chi connectivity index (χ0) is 15.0. The zero-order valence-electron chi connectivity index (χ0n) is 12.3. The van der Waals surface area contributed by atoms with E-state index in [0.717, 1.165) is 26.4 Å². The van der Waals surface area contributed by atoms with Gasteiger partial charge in [0.05, 0.1) is 10.6 Å². The number of nitrogens with zero attached hydrogens (tertiary/aromatic N) is 2. The lowest BCUT2D eigenvalue weighted by Crippen LogP contribution is -2.22. The minimum Gasteiger partial charge on any atom is -0.347 e. The average Bonchev–Trinajstić information content (AvgIpc) is 3.00. The van der Waals surface area contributed by atoms with Gasteiger partial charge in [0.2, 0.25) is 0 Å². The van der Waals surface area contributed by atoms with Crippen molar-refractivity contribution in [3.8, 4) is 0 Å². The summed E-state index contributed by atoms with van der Waals surface area (Å²) in [4.78, 5) is 14.1. The maximum atomic E-state index is 12.3. The average molecular weight is 299 g/mol. The molecule has 3 aromatic rings. The van der Waals surface area contributed by atoms with Gasteiger partial charge in [-0.3, -0.25) is 9.48 Å². The third-order valence-electron chi connectivity index (χ3n) is 3.62. The monoisotopic (exact) mass is 299 g/mol. The summed E-state index contributed by atoms with van der Waals surface area (Å²) in [6.07, 6.45) is 0. The van der Waals surface area contributed by atoms with Gasteiger partial charge in [-0.25, -0.2) is 0 Å². The number of amides is 1. The summed E-state index contributed by atoms with van der Waals surface area (Å²) in [6.45, 7) is 4.57. The Kier molecular flexibility index (Phi) is 3.51. The Labute approximate surface area is 127 Å². The van der Waals surface area contributed by atoms with Crippen molar-refractivity contribution in [1.29, 1.82) is 0 Å². The highest BCUT2D eigenvalue weighted by molar-refractivity contribution is 7.20. The first-order chi connectivity index (χ1) is 10.1. The zero-order valence-corrected chi connectivity index (χ0v) is 13.1. The van der Waals surface area contributed by atoms with Crippen LogP contribution in [0.15, 0.2) is 30.3 Å². The Morgan fingerprint density at radius 3 is 2.81 bits per heavy atom. The molecule has 0 saturated heterocycles. The summed E-state index contributed by atoms with van der Waals surface area (Å²) in [5.41, 5.74) is 3.29. The molecule has 21 heavy (non-hydrogen) atoms. The van der Waals surface area contributed by atoms with E-state index in [0.29, 0.717) is 6.54 Å². The molecule has 0 saturated carbocycles. The lowest BCUT2D eigenvalue weighted by Gasteiger charge is -2.06. The number of carbonyl (C=O) groups excluding carboxylic acids is 1. The fraction of sp³-hybridized carbons (Fsp3) is 0.250. The van der Waals surface area contributed by atoms with Gasteiger partial charge in [0.1, 0.15) is 4.83 Å². The predicted molar refractivity (Wildman–Crippen MR) is 85.7 cm³/mol. The van der Waals surface area contributed by atoms with Crippen LogP contribution in [0.1, 0.15) is 26.5 Å². The molecule has 0 aliphatic heterocycles. The van der Waals surface area contributed by atoms with Crippen LogP contribution in [0.25, 0.3) is 10.2 Å². The summed E-state index contributed by atoms with van der Waals surface area (Å²) < 4.78 is 1.83. The molecule has 0 atom stereocenters. The number of fused-ring (bicyclic) bond motifs is 1. The second-order valence-corrected chi connectivity index (χ2v) is 6.18. The van der Waals surface area contributed by atoms with E-state index in [1.807, 2.05) is 42.9 Å². The van der Waals surface area contributed by atoms with Crippen LogP contribution in [0, 0.1) is 13.8 Å². The fourth-order valence-corrected chi connectivity index (χ4v) is 3.43. The van der Waals surface area contributed by atoms with E-state index in [1.54, 1.807) is 0 Å². The number of nitrogens with one attached hydrogen (secondary N) is 1. The van der Waals surface area contributed by atoms with Crippen molar-refractivity contribution in [2.75, 3.05) is 0 Å². The largest absolute Gasteiger partial charge is 0.347 e. The molecule has 108 valence electrons. The van der Waals surface area contributed by atoms with Crippen LogP contribution >= 0.6 is 11.3 Å². The predicted octanol–water partition coefficient (Wildman–Crippen LogP) is 3.18.